The van der Waals surface area contributed by atoms with E-state index in [4.69, 9.17) is 10.6 Å². The van der Waals surface area contributed by atoms with Gasteiger partial charge in [0.05, 0.1) is 18.5 Å². The van der Waals surface area contributed by atoms with Crippen LogP contribution in [0.15, 0.2) is 29.4 Å². The second kappa shape index (κ2) is 8.40. The van der Waals surface area contributed by atoms with Gasteiger partial charge in [-0.3, -0.25) is 4.79 Å². The lowest BCUT2D eigenvalue weighted by Crippen LogP contribution is -2.36. The zero-order chi connectivity index (χ0) is 20.3. The first-order valence-corrected chi connectivity index (χ1v) is 10.2. The average molecular weight is 405 g/mol. The second-order valence-corrected chi connectivity index (χ2v) is 9.13. The van der Waals surface area contributed by atoms with Crippen LogP contribution in [0.2, 0.25) is 0 Å². The molecule has 1 fully saturated rings. The number of amides is 1. The highest BCUT2D eigenvalue weighted by molar-refractivity contribution is 8.00. The van der Waals surface area contributed by atoms with Crippen LogP contribution < -0.4 is 16.1 Å². The number of nitrogens with zero attached hydrogens (tertiary/aromatic N) is 4. The van der Waals surface area contributed by atoms with Gasteiger partial charge >= 0.3 is 0 Å². The Labute approximate surface area is 169 Å². The SMILES string of the molecule is C[C@H](Sc1nnc(C(C)(C)C)n1N)C(=O)Nc1ccc(N2CCOCC2)cc1. The first kappa shape index (κ1) is 20.5. The number of hydrogen-bond donors (Lipinski definition) is 2. The lowest BCUT2D eigenvalue weighted by Gasteiger charge is -2.28. The van der Waals surface area contributed by atoms with Crippen molar-refractivity contribution in [2.75, 3.05) is 42.4 Å². The molecule has 1 saturated heterocycles. The minimum Gasteiger partial charge on any atom is -0.378 e. The third-order valence-corrected chi connectivity index (χ3v) is 5.55. The normalized spacial score (nSPS) is 16.1. The number of anilines is 2. The van der Waals surface area contributed by atoms with Crippen molar-refractivity contribution >= 4 is 29.0 Å². The number of aromatic nitrogens is 3. The zero-order valence-electron chi connectivity index (χ0n) is 16.8. The highest BCUT2D eigenvalue weighted by Crippen LogP contribution is 2.26. The fourth-order valence-electron chi connectivity index (χ4n) is 2.90. The Morgan fingerprint density at radius 3 is 2.43 bits per heavy atom. The standard InChI is InChI=1S/C19H28N6O2S/c1-13(28-18-23-22-17(25(18)20)19(2,3)4)16(26)21-14-5-7-15(8-6-14)24-9-11-27-12-10-24/h5-8,13H,9-12,20H2,1-4H3,(H,21,26)/t13-/m0/s1. The number of rotatable bonds is 5. The van der Waals surface area contributed by atoms with E-state index in [1.54, 1.807) is 0 Å². The zero-order valence-corrected chi connectivity index (χ0v) is 17.6. The number of nitrogens with one attached hydrogen (secondary N) is 1. The van der Waals surface area contributed by atoms with E-state index in [1.165, 1.54) is 16.4 Å². The van der Waals surface area contributed by atoms with Gasteiger partial charge in [-0.05, 0) is 31.2 Å². The largest absolute Gasteiger partial charge is 0.378 e. The molecule has 1 aliphatic heterocycles. The first-order chi connectivity index (χ1) is 13.3. The summed E-state index contributed by atoms with van der Waals surface area (Å²) in [5.41, 5.74) is 1.68. The Morgan fingerprint density at radius 1 is 1.21 bits per heavy atom. The molecule has 2 aromatic rings. The fraction of sp³-hybridized carbons (Fsp3) is 0.526. The van der Waals surface area contributed by atoms with Crippen molar-refractivity contribution in [1.82, 2.24) is 14.9 Å². The maximum atomic E-state index is 12.6. The predicted molar refractivity (Wildman–Crippen MR) is 112 cm³/mol. The smallest absolute Gasteiger partial charge is 0.237 e. The van der Waals surface area contributed by atoms with E-state index in [0.717, 1.165) is 37.7 Å². The molecule has 2 heterocycles. The van der Waals surface area contributed by atoms with Gasteiger partial charge in [-0.25, -0.2) is 4.68 Å². The summed E-state index contributed by atoms with van der Waals surface area (Å²) in [5.74, 6) is 6.68. The monoisotopic (exact) mass is 404 g/mol. The molecule has 0 saturated carbocycles. The van der Waals surface area contributed by atoms with Crippen molar-refractivity contribution < 1.29 is 9.53 Å². The van der Waals surface area contributed by atoms with Crippen LogP contribution in [0.3, 0.4) is 0 Å². The quantitative estimate of drug-likeness (QED) is 0.582. The van der Waals surface area contributed by atoms with Crippen LogP contribution in [0.1, 0.15) is 33.5 Å². The van der Waals surface area contributed by atoms with Gasteiger partial charge in [0.15, 0.2) is 5.82 Å². The van der Waals surface area contributed by atoms with Crippen LogP contribution in [-0.2, 0) is 14.9 Å². The van der Waals surface area contributed by atoms with Gasteiger partial charge in [0.1, 0.15) is 0 Å². The molecule has 1 atom stereocenters. The molecule has 1 aromatic carbocycles. The van der Waals surface area contributed by atoms with Crippen LogP contribution >= 0.6 is 11.8 Å². The minimum absolute atomic E-state index is 0.107. The van der Waals surface area contributed by atoms with Crippen molar-refractivity contribution in [3.63, 3.8) is 0 Å². The molecule has 0 aliphatic carbocycles. The Hall–Kier alpha value is -2.26. The van der Waals surface area contributed by atoms with Gasteiger partial charge in [0.2, 0.25) is 11.1 Å². The van der Waals surface area contributed by atoms with Crippen LogP contribution in [-0.4, -0.2) is 52.3 Å². The van der Waals surface area contributed by atoms with Gasteiger partial charge in [-0.1, -0.05) is 32.5 Å². The van der Waals surface area contributed by atoms with Crippen molar-refractivity contribution in [3.05, 3.63) is 30.1 Å². The molecule has 3 N–H and O–H groups in total. The average Bonchev–Trinajstić information content (AvgIpc) is 3.03. The van der Waals surface area contributed by atoms with Crippen molar-refractivity contribution in [3.8, 4) is 0 Å². The van der Waals surface area contributed by atoms with Gasteiger partial charge in [0, 0.05) is 29.9 Å². The summed E-state index contributed by atoms with van der Waals surface area (Å²) in [5, 5.41) is 11.4. The number of nitrogen functional groups attached to an aromatic ring is 1. The Kier molecular flexibility index (Phi) is 6.14. The van der Waals surface area contributed by atoms with Gasteiger partial charge in [-0.2, -0.15) is 0 Å². The van der Waals surface area contributed by atoms with Crippen molar-refractivity contribution in [2.45, 2.75) is 43.5 Å². The van der Waals surface area contributed by atoms with Gasteiger partial charge in [-0.15, -0.1) is 10.2 Å². The molecule has 8 nitrogen and oxygen atoms in total. The lowest BCUT2D eigenvalue weighted by atomic mass is 9.96. The van der Waals surface area contributed by atoms with E-state index >= 15 is 0 Å². The summed E-state index contributed by atoms with van der Waals surface area (Å²) in [7, 11) is 0. The summed E-state index contributed by atoms with van der Waals surface area (Å²) >= 11 is 1.29. The summed E-state index contributed by atoms with van der Waals surface area (Å²) < 4.78 is 6.84. The number of thioether (sulfide) groups is 1. The Morgan fingerprint density at radius 2 is 1.86 bits per heavy atom. The molecular formula is C19H28N6O2S. The molecule has 3 rings (SSSR count). The van der Waals surface area contributed by atoms with E-state index in [2.05, 4.69) is 20.4 Å². The van der Waals surface area contributed by atoms with Crippen LogP contribution in [0.4, 0.5) is 11.4 Å². The molecular weight excluding hydrogens is 376 g/mol. The highest BCUT2D eigenvalue weighted by atomic mass is 32.2. The molecule has 1 amide bonds. The van der Waals surface area contributed by atoms with Crippen LogP contribution in [0.5, 0.6) is 0 Å². The molecule has 28 heavy (non-hydrogen) atoms. The molecule has 1 aromatic heterocycles. The van der Waals surface area contributed by atoms with E-state index in [-0.39, 0.29) is 16.6 Å². The minimum atomic E-state index is -0.363. The molecule has 1 aliphatic rings. The number of morpholine rings is 1. The maximum absolute atomic E-state index is 12.6. The topological polar surface area (TPSA) is 98.3 Å². The number of nitrogens with two attached hydrogens (primary N) is 1. The lowest BCUT2D eigenvalue weighted by molar-refractivity contribution is -0.115. The van der Waals surface area contributed by atoms with E-state index < -0.39 is 0 Å². The molecule has 0 spiro atoms. The summed E-state index contributed by atoms with van der Waals surface area (Å²) in [4.78, 5) is 14.8. The van der Waals surface area contributed by atoms with E-state index in [9.17, 15) is 4.79 Å². The number of carbonyl (C=O) groups excluding carboxylic acids is 1. The number of carbonyl (C=O) groups is 1. The van der Waals surface area contributed by atoms with E-state index in [1.807, 2.05) is 52.0 Å². The van der Waals surface area contributed by atoms with Crippen molar-refractivity contribution in [1.29, 1.82) is 0 Å². The Balaban J connectivity index is 1.59. The molecule has 0 radical (unpaired) electrons. The fourth-order valence-corrected chi connectivity index (χ4v) is 3.67. The summed E-state index contributed by atoms with van der Waals surface area (Å²) in [6, 6.07) is 7.88. The third kappa shape index (κ3) is 4.77. The van der Waals surface area contributed by atoms with Crippen molar-refractivity contribution in [2.24, 2.45) is 0 Å². The predicted octanol–water partition coefficient (Wildman–Crippen LogP) is 2.25. The highest BCUT2D eigenvalue weighted by Gasteiger charge is 2.25. The number of ether oxygens (including phenoxy) is 1. The van der Waals surface area contributed by atoms with E-state index in [0.29, 0.717) is 11.0 Å². The molecule has 0 bridgehead atoms. The first-order valence-electron chi connectivity index (χ1n) is 9.37. The van der Waals surface area contributed by atoms with Gasteiger partial charge < -0.3 is 20.8 Å². The molecule has 9 heteroatoms. The Bertz CT molecular complexity index is 809. The summed E-state index contributed by atoms with van der Waals surface area (Å²) in [6.07, 6.45) is 0. The van der Waals surface area contributed by atoms with Crippen LogP contribution in [0.25, 0.3) is 0 Å². The molecule has 0 unspecified atom stereocenters. The van der Waals surface area contributed by atoms with Crippen LogP contribution in [0, 0.1) is 0 Å². The second-order valence-electron chi connectivity index (χ2n) is 7.82. The number of benzene rings is 1. The summed E-state index contributed by atoms with van der Waals surface area (Å²) in [6.45, 7) is 11.1. The molecule has 152 valence electrons. The maximum Gasteiger partial charge on any atom is 0.237 e. The third-order valence-electron chi connectivity index (χ3n) is 4.50. The van der Waals surface area contributed by atoms with Gasteiger partial charge in [0.25, 0.3) is 0 Å². The number of hydrogen-bond acceptors (Lipinski definition) is 7.